The number of para-hydroxylation sites is 1. The summed E-state index contributed by atoms with van der Waals surface area (Å²) in [7, 11) is 1.55. The van der Waals surface area contributed by atoms with Gasteiger partial charge in [0.05, 0.1) is 11.1 Å². The molecule has 2 aromatic carbocycles. The number of carbonyl (C=O) groups excluding carboxylic acids is 2. The summed E-state index contributed by atoms with van der Waals surface area (Å²) in [5.74, 6) is -0.0208. The number of hydrogen-bond donors (Lipinski definition) is 1. The fourth-order valence-corrected chi connectivity index (χ4v) is 2.35. The molecule has 4 heteroatoms. The van der Waals surface area contributed by atoms with Crippen LogP contribution in [0, 0.1) is 0 Å². The molecule has 100 valence electrons. The summed E-state index contributed by atoms with van der Waals surface area (Å²) < 4.78 is 5.72. The molecule has 0 bridgehead atoms. The number of fused-ring (bicyclic) bond motifs is 2. The number of ether oxygens (including phenoxy) is 1. The third kappa shape index (κ3) is 1.86. The highest BCUT2D eigenvalue weighted by Gasteiger charge is 2.25. The van der Waals surface area contributed by atoms with Crippen LogP contribution in [0.15, 0.2) is 42.5 Å². The highest BCUT2D eigenvalue weighted by atomic mass is 16.5. The molecule has 0 unspecified atom stereocenters. The molecule has 3 rings (SSSR count). The molecule has 0 aliphatic carbocycles. The second-order valence-electron chi connectivity index (χ2n) is 4.54. The van der Waals surface area contributed by atoms with Gasteiger partial charge in [-0.1, -0.05) is 30.3 Å². The Kier molecular flexibility index (Phi) is 2.99. The average Bonchev–Trinajstić information content (AvgIpc) is 2.64. The minimum Gasteiger partial charge on any atom is -0.487 e. The van der Waals surface area contributed by atoms with Gasteiger partial charge in [0.1, 0.15) is 12.4 Å². The molecule has 1 N–H and O–H groups in total. The number of amides is 1. The van der Waals surface area contributed by atoms with Crippen LogP contribution < -0.4 is 10.1 Å². The van der Waals surface area contributed by atoms with E-state index in [0.717, 1.165) is 5.56 Å². The van der Waals surface area contributed by atoms with Crippen molar-refractivity contribution in [3.8, 4) is 5.75 Å². The third-order valence-electron chi connectivity index (χ3n) is 3.37. The maximum atomic E-state index is 12.6. The van der Waals surface area contributed by atoms with Crippen molar-refractivity contribution in [2.45, 2.75) is 6.61 Å². The first kappa shape index (κ1) is 12.4. The van der Waals surface area contributed by atoms with Crippen LogP contribution in [0.1, 0.15) is 31.8 Å². The average molecular weight is 267 g/mol. The smallest absolute Gasteiger partial charge is 0.254 e. The van der Waals surface area contributed by atoms with E-state index in [0.29, 0.717) is 22.4 Å². The number of rotatable bonds is 1. The molecule has 0 atom stereocenters. The maximum absolute atomic E-state index is 12.6. The number of carbonyl (C=O) groups is 2. The number of nitrogens with one attached hydrogen (secondary N) is 1. The normalized spacial score (nSPS) is 12.8. The molecule has 1 aliphatic rings. The second kappa shape index (κ2) is 4.81. The molecule has 20 heavy (non-hydrogen) atoms. The molecule has 1 heterocycles. The van der Waals surface area contributed by atoms with E-state index in [4.69, 9.17) is 4.74 Å². The lowest BCUT2D eigenvalue weighted by atomic mass is 9.97. The molecule has 0 saturated heterocycles. The summed E-state index contributed by atoms with van der Waals surface area (Å²) in [5, 5.41) is 2.56. The Balaban J connectivity index is 2.19. The van der Waals surface area contributed by atoms with Gasteiger partial charge in [-0.3, -0.25) is 9.59 Å². The Morgan fingerprint density at radius 2 is 1.85 bits per heavy atom. The minimum atomic E-state index is -0.263. The van der Waals surface area contributed by atoms with E-state index in [1.807, 2.05) is 18.2 Å². The van der Waals surface area contributed by atoms with Gasteiger partial charge >= 0.3 is 0 Å². The maximum Gasteiger partial charge on any atom is 0.254 e. The zero-order chi connectivity index (χ0) is 14.1. The van der Waals surface area contributed by atoms with Gasteiger partial charge in [-0.2, -0.15) is 0 Å². The van der Waals surface area contributed by atoms with Crippen LogP contribution in [0.4, 0.5) is 0 Å². The number of ketones is 1. The lowest BCUT2D eigenvalue weighted by Crippen LogP contribution is -2.19. The predicted octanol–water partition coefficient (Wildman–Crippen LogP) is 2.17. The Morgan fingerprint density at radius 3 is 2.65 bits per heavy atom. The SMILES string of the molecule is CNC(=O)c1cccc2c1OCc1ccccc1C2=O. The quantitative estimate of drug-likeness (QED) is 0.861. The Labute approximate surface area is 116 Å². The summed E-state index contributed by atoms with van der Waals surface area (Å²) in [6, 6.07) is 12.4. The van der Waals surface area contributed by atoms with Gasteiger partial charge in [-0.15, -0.1) is 0 Å². The van der Waals surface area contributed by atoms with Gasteiger partial charge < -0.3 is 10.1 Å². The van der Waals surface area contributed by atoms with Gasteiger partial charge in [-0.25, -0.2) is 0 Å². The summed E-state index contributed by atoms with van der Waals surface area (Å²) in [5.41, 5.74) is 2.26. The molecule has 1 aliphatic heterocycles. The summed E-state index contributed by atoms with van der Waals surface area (Å²) in [6.45, 7) is 0.281. The van der Waals surface area contributed by atoms with E-state index in [2.05, 4.69) is 5.32 Å². The van der Waals surface area contributed by atoms with E-state index >= 15 is 0 Å². The highest BCUT2D eigenvalue weighted by molar-refractivity contribution is 6.14. The van der Waals surface area contributed by atoms with Crippen LogP contribution >= 0.6 is 0 Å². The van der Waals surface area contributed by atoms with Crippen molar-refractivity contribution in [2.75, 3.05) is 7.05 Å². The molecule has 0 spiro atoms. The first-order chi connectivity index (χ1) is 9.72. The molecule has 0 radical (unpaired) electrons. The standard InChI is InChI=1S/C16H13NO3/c1-17-16(19)13-8-4-7-12-14(18)11-6-3-2-5-10(11)9-20-15(12)13/h2-8H,9H2,1H3,(H,17,19). The lowest BCUT2D eigenvalue weighted by molar-refractivity contribution is 0.0958. The molecule has 0 aromatic heterocycles. The topological polar surface area (TPSA) is 55.4 Å². The summed E-state index contributed by atoms with van der Waals surface area (Å²) in [6.07, 6.45) is 0. The van der Waals surface area contributed by atoms with Crippen LogP contribution in [0.3, 0.4) is 0 Å². The predicted molar refractivity (Wildman–Crippen MR) is 74.0 cm³/mol. The Morgan fingerprint density at radius 1 is 1.10 bits per heavy atom. The Bertz CT molecular complexity index is 707. The van der Waals surface area contributed by atoms with E-state index in [-0.39, 0.29) is 18.3 Å². The van der Waals surface area contributed by atoms with E-state index < -0.39 is 0 Å². The van der Waals surface area contributed by atoms with Crippen LogP contribution in [0.25, 0.3) is 0 Å². The van der Waals surface area contributed by atoms with Crippen molar-refractivity contribution in [3.05, 3.63) is 64.7 Å². The minimum absolute atomic E-state index is 0.112. The van der Waals surface area contributed by atoms with Crippen molar-refractivity contribution in [1.82, 2.24) is 5.32 Å². The molecule has 4 nitrogen and oxygen atoms in total. The van der Waals surface area contributed by atoms with Crippen molar-refractivity contribution in [2.24, 2.45) is 0 Å². The summed E-state index contributed by atoms with van der Waals surface area (Å²) >= 11 is 0. The molecular formula is C16H13NO3. The first-order valence-electron chi connectivity index (χ1n) is 6.33. The van der Waals surface area contributed by atoms with Gasteiger partial charge in [0.15, 0.2) is 5.78 Å². The van der Waals surface area contributed by atoms with E-state index in [1.165, 1.54) is 0 Å². The molecule has 1 amide bonds. The van der Waals surface area contributed by atoms with E-state index in [9.17, 15) is 9.59 Å². The van der Waals surface area contributed by atoms with Crippen molar-refractivity contribution in [3.63, 3.8) is 0 Å². The third-order valence-corrected chi connectivity index (χ3v) is 3.37. The summed E-state index contributed by atoms with van der Waals surface area (Å²) in [4.78, 5) is 24.5. The van der Waals surface area contributed by atoms with Crippen molar-refractivity contribution < 1.29 is 14.3 Å². The van der Waals surface area contributed by atoms with E-state index in [1.54, 1.807) is 31.3 Å². The first-order valence-corrected chi connectivity index (χ1v) is 6.33. The van der Waals surface area contributed by atoms with Crippen molar-refractivity contribution >= 4 is 11.7 Å². The zero-order valence-electron chi connectivity index (χ0n) is 11.0. The zero-order valence-corrected chi connectivity index (χ0v) is 11.0. The lowest BCUT2D eigenvalue weighted by Gasteiger charge is -2.11. The van der Waals surface area contributed by atoms with Crippen LogP contribution in [0.5, 0.6) is 5.75 Å². The van der Waals surface area contributed by atoms with Gasteiger partial charge in [0.2, 0.25) is 0 Å². The van der Waals surface area contributed by atoms with Crippen molar-refractivity contribution in [1.29, 1.82) is 0 Å². The fraction of sp³-hybridized carbons (Fsp3) is 0.125. The number of hydrogen-bond acceptors (Lipinski definition) is 3. The van der Waals surface area contributed by atoms with Gasteiger partial charge in [0.25, 0.3) is 5.91 Å². The number of benzene rings is 2. The molecular weight excluding hydrogens is 254 g/mol. The Hall–Kier alpha value is -2.62. The van der Waals surface area contributed by atoms with Gasteiger partial charge in [0, 0.05) is 18.2 Å². The molecule has 0 saturated carbocycles. The second-order valence-corrected chi connectivity index (χ2v) is 4.54. The fourth-order valence-electron chi connectivity index (χ4n) is 2.35. The molecule has 2 aromatic rings. The largest absolute Gasteiger partial charge is 0.487 e. The monoisotopic (exact) mass is 267 g/mol. The molecule has 0 fully saturated rings. The van der Waals surface area contributed by atoms with Crippen LogP contribution in [0.2, 0.25) is 0 Å². The van der Waals surface area contributed by atoms with Gasteiger partial charge in [-0.05, 0) is 12.1 Å². The highest BCUT2D eigenvalue weighted by Crippen LogP contribution is 2.31. The van der Waals surface area contributed by atoms with Crippen LogP contribution in [-0.4, -0.2) is 18.7 Å². The van der Waals surface area contributed by atoms with Crippen LogP contribution in [-0.2, 0) is 6.61 Å².